The van der Waals surface area contributed by atoms with Crippen LogP contribution in [0.1, 0.15) is 30.5 Å². The van der Waals surface area contributed by atoms with Crippen molar-refractivity contribution in [1.82, 2.24) is 9.88 Å². The van der Waals surface area contributed by atoms with E-state index in [9.17, 15) is 9.59 Å². The van der Waals surface area contributed by atoms with Crippen LogP contribution in [0.3, 0.4) is 0 Å². The lowest BCUT2D eigenvalue weighted by Gasteiger charge is -2.36. The fraction of sp³-hybridized carbons (Fsp3) is 0.304. The lowest BCUT2D eigenvalue weighted by Crippen LogP contribution is -2.46. The number of aromatic nitrogens is 1. The van der Waals surface area contributed by atoms with Crippen LogP contribution in [0.4, 0.5) is 14.9 Å². The van der Waals surface area contributed by atoms with Gasteiger partial charge in [0.1, 0.15) is 0 Å². The van der Waals surface area contributed by atoms with E-state index < -0.39 is 17.4 Å². The Morgan fingerprint density at radius 2 is 2.00 bits per heavy atom. The van der Waals surface area contributed by atoms with E-state index in [1.807, 2.05) is 29.2 Å². The summed E-state index contributed by atoms with van der Waals surface area (Å²) in [6.07, 6.45) is 1.30. The van der Waals surface area contributed by atoms with Gasteiger partial charge in [0, 0.05) is 36.2 Å². The first-order valence-corrected chi connectivity index (χ1v) is 11.7. The van der Waals surface area contributed by atoms with Gasteiger partial charge in [-0.1, -0.05) is 39.7 Å². The van der Waals surface area contributed by atoms with Gasteiger partial charge >= 0.3 is 6.16 Å². The van der Waals surface area contributed by atoms with Crippen molar-refractivity contribution in [3.63, 3.8) is 0 Å². The molecule has 1 saturated heterocycles. The van der Waals surface area contributed by atoms with Crippen LogP contribution in [-0.4, -0.2) is 35.5 Å². The van der Waals surface area contributed by atoms with Gasteiger partial charge in [0.2, 0.25) is 5.43 Å². The summed E-state index contributed by atoms with van der Waals surface area (Å²) in [5.41, 5.74) is 0.738. The average molecular weight is 537 g/mol. The van der Waals surface area contributed by atoms with Crippen molar-refractivity contribution < 1.29 is 19.0 Å². The number of nitrogens with one attached hydrogen (secondary N) is 1. The lowest BCUT2D eigenvalue weighted by atomic mass is 10.0. The average Bonchev–Trinajstić information content (AvgIpc) is 3.62. The smallest absolute Gasteiger partial charge is 0.449 e. The van der Waals surface area contributed by atoms with Crippen LogP contribution in [0.15, 0.2) is 45.8 Å². The minimum Gasteiger partial charge on any atom is -0.449 e. The largest absolute Gasteiger partial charge is 0.511 e. The quantitative estimate of drug-likeness (QED) is 0.452. The first-order valence-electron chi connectivity index (χ1n) is 10.5. The maximum absolute atomic E-state index is 16.1. The molecule has 0 spiro atoms. The topological polar surface area (TPSA) is 83.8 Å². The molecule has 1 aromatic heterocycles. The van der Waals surface area contributed by atoms with Gasteiger partial charge in [-0.05, 0) is 36.6 Å². The van der Waals surface area contributed by atoms with Gasteiger partial charge in [0.05, 0.1) is 27.8 Å². The number of piperazine rings is 1. The first kappa shape index (κ1) is 22.2. The Hall–Kier alpha value is -2.62. The predicted molar refractivity (Wildman–Crippen MR) is 127 cm³/mol. The highest BCUT2D eigenvalue weighted by atomic mass is 79.9. The molecular weight excluding hydrogens is 517 g/mol. The number of fused-ring (bicyclic) bond motifs is 1. The van der Waals surface area contributed by atoms with Crippen molar-refractivity contribution in [1.29, 1.82) is 0 Å². The van der Waals surface area contributed by atoms with Crippen LogP contribution in [0.5, 0.6) is 5.75 Å². The highest BCUT2D eigenvalue weighted by molar-refractivity contribution is 9.10. The molecule has 5 rings (SSSR count). The number of hydrogen-bond donors (Lipinski definition) is 2. The number of anilines is 1. The van der Waals surface area contributed by atoms with Crippen LogP contribution in [-0.2, 0) is 0 Å². The Labute approximate surface area is 201 Å². The monoisotopic (exact) mass is 535 g/mol. The number of halogens is 3. The van der Waals surface area contributed by atoms with E-state index in [1.54, 1.807) is 4.57 Å². The zero-order valence-corrected chi connectivity index (χ0v) is 19.7. The minimum atomic E-state index is -1.60. The zero-order valence-electron chi connectivity index (χ0n) is 17.4. The second-order valence-corrected chi connectivity index (χ2v) is 9.57. The Morgan fingerprint density at radius 3 is 2.67 bits per heavy atom. The van der Waals surface area contributed by atoms with E-state index in [1.165, 1.54) is 12.3 Å². The van der Waals surface area contributed by atoms with Gasteiger partial charge in [0.15, 0.2) is 11.6 Å². The molecule has 10 heteroatoms. The molecule has 2 fully saturated rings. The zero-order chi connectivity index (χ0) is 23.3. The second kappa shape index (κ2) is 8.62. The summed E-state index contributed by atoms with van der Waals surface area (Å²) in [5, 5.41) is 12.5. The van der Waals surface area contributed by atoms with Gasteiger partial charge in [-0.25, -0.2) is 9.18 Å². The van der Waals surface area contributed by atoms with E-state index in [4.69, 9.17) is 16.7 Å². The molecule has 2 N–H and O–H groups in total. The van der Waals surface area contributed by atoms with Crippen molar-refractivity contribution in [2.45, 2.75) is 24.9 Å². The van der Waals surface area contributed by atoms with Crippen LogP contribution in [0.2, 0.25) is 5.02 Å². The van der Waals surface area contributed by atoms with Gasteiger partial charge in [-0.2, -0.15) is 0 Å². The minimum absolute atomic E-state index is 0.00601. The van der Waals surface area contributed by atoms with Gasteiger partial charge in [-0.3, -0.25) is 4.79 Å². The molecule has 33 heavy (non-hydrogen) atoms. The number of hydrogen-bond acceptors (Lipinski definition) is 5. The van der Waals surface area contributed by atoms with E-state index in [0.29, 0.717) is 19.6 Å². The van der Waals surface area contributed by atoms with Crippen molar-refractivity contribution in [3.8, 4) is 5.75 Å². The Morgan fingerprint density at radius 1 is 1.27 bits per heavy atom. The molecule has 2 heterocycles. The third-order valence-corrected chi connectivity index (χ3v) is 6.87. The van der Waals surface area contributed by atoms with Gasteiger partial charge in [-0.15, -0.1) is 0 Å². The van der Waals surface area contributed by atoms with Crippen LogP contribution in [0.25, 0.3) is 10.9 Å². The maximum atomic E-state index is 16.1. The molecule has 1 aliphatic carbocycles. The molecule has 2 aliphatic rings. The normalized spacial score (nSPS) is 18.5. The number of carboxylic acid groups (broad SMARTS) is 1. The molecule has 2 aromatic carbocycles. The summed E-state index contributed by atoms with van der Waals surface area (Å²) in [6.45, 7) is 1.68. The summed E-state index contributed by atoms with van der Waals surface area (Å²) < 4.78 is 23.3. The number of ether oxygens (including phenoxy) is 1. The Balaban J connectivity index is 1.60. The number of rotatable bonds is 4. The number of nitrogens with zero attached hydrogens (tertiary/aromatic N) is 2. The molecule has 3 aromatic rings. The SMILES string of the molecule is O=C(O)Oc1cn(C2CC2)c2c(F)c(N3CCNC(c4ccc(Br)cc4)C3)c(Cl)cc2c1=O. The molecule has 1 unspecified atom stereocenters. The molecule has 0 bridgehead atoms. The summed E-state index contributed by atoms with van der Waals surface area (Å²) >= 11 is 9.96. The van der Waals surface area contributed by atoms with Crippen LogP contribution >= 0.6 is 27.5 Å². The van der Waals surface area contributed by atoms with Crippen molar-refractivity contribution >= 4 is 50.3 Å². The first-order chi connectivity index (χ1) is 15.8. The fourth-order valence-electron chi connectivity index (χ4n) is 4.38. The molecule has 1 saturated carbocycles. The van der Waals surface area contributed by atoms with E-state index in [-0.39, 0.29) is 39.4 Å². The van der Waals surface area contributed by atoms with Crippen molar-refractivity contribution in [2.24, 2.45) is 0 Å². The summed E-state index contributed by atoms with van der Waals surface area (Å²) in [4.78, 5) is 25.8. The van der Waals surface area contributed by atoms with Crippen LogP contribution in [0, 0.1) is 5.82 Å². The lowest BCUT2D eigenvalue weighted by molar-refractivity contribution is 0.143. The van der Waals surface area contributed by atoms with Gasteiger partial charge in [0.25, 0.3) is 0 Å². The van der Waals surface area contributed by atoms with Crippen molar-refractivity contribution in [2.75, 3.05) is 24.5 Å². The molecule has 7 nitrogen and oxygen atoms in total. The molecule has 0 amide bonds. The highest BCUT2D eigenvalue weighted by Crippen LogP contribution is 2.42. The maximum Gasteiger partial charge on any atom is 0.511 e. The third-order valence-electron chi connectivity index (χ3n) is 6.05. The second-order valence-electron chi connectivity index (χ2n) is 8.25. The molecule has 0 radical (unpaired) electrons. The molecule has 1 atom stereocenters. The predicted octanol–water partition coefficient (Wildman–Crippen LogP) is 5.10. The van der Waals surface area contributed by atoms with E-state index in [2.05, 4.69) is 26.0 Å². The van der Waals surface area contributed by atoms with E-state index in [0.717, 1.165) is 22.9 Å². The van der Waals surface area contributed by atoms with E-state index >= 15 is 4.39 Å². The molecular formula is C23H20BrClFN3O4. The third kappa shape index (κ3) is 4.20. The number of carbonyl (C=O) groups is 1. The summed E-state index contributed by atoms with van der Waals surface area (Å²) in [6, 6.07) is 9.33. The van der Waals surface area contributed by atoms with Gasteiger partial charge < -0.3 is 24.6 Å². The number of pyridine rings is 1. The molecule has 1 aliphatic heterocycles. The number of benzene rings is 2. The molecule has 172 valence electrons. The van der Waals surface area contributed by atoms with Crippen LogP contribution < -0.4 is 20.4 Å². The fourth-order valence-corrected chi connectivity index (χ4v) is 4.95. The standard InChI is InChI=1S/C23H20BrClFN3O4/c24-13-3-1-12(2-4-13)17-10-28(8-7-27-17)21-16(25)9-15-20(19(21)26)29(14-5-6-14)11-18(22(15)30)33-23(31)32/h1-4,9,11,14,17,27H,5-8,10H2,(H,31,32). The summed E-state index contributed by atoms with van der Waals surface area (Å²) in [7, 11) is 0. The Kier molecular flexibility index (Phi) is 5.80. The Bertz CT molecular complexity index is 1310. The highest BCUT2D eigenvalue weighted by Gasteiger charge is 2.31. The summed E-state index contributed by atoms with van der Waals surface area (Å²) in [5.74, 6) is -0.942. The van der Waals surface area contributed by atoms with Crippen molar-refractivity contribution in [3.05, 3.63) is 67.6 Å².